The first-order valence-electron chi connectivity index (χ1n) is 6.58. The molecule has 112 valence electrons. The van der Waals surface area contributed by atoms with E-state index in [9.17, 15) is 9.59 Å². The van der Waals surface area contributed by atoms with Crippen LogP contribution in [0.5, 0.6) is 0 Å². The van der Waals surface area contributed by atoms with E-state index in [4.69, 9.17) is 15.6 Å². The Bertz CT molecular complexity index is 558. The lowest BCUT2D eigenvalue weighted by Gasteiger charge is -2.30. The summed E-state index contributed by atoms with van der Waals surface area (Å²) < 4.78 is 5.78. The van der Waals surface area contributed by atoms with Crippen LogP contribution in [0.25, 0.3) is 0 Å². The first-order valence-corrected chi connectivity index (χ1v) is 11.3. The second-order valence-electron chi connectivity index (χ2n) is 5.31. The summed E-state index contributed by atoms with van der Waals surface area (Å²) in [6, 6.07) is 13.8. The largest absolute Gasteiger partial charge is 0.408 e. The number of rotatable bonds is 4. The van der Waals surface area contributed by atoms with Gasteiger partial charge in [-0.2, -0.15) is 0 Å². The molecule has 0 aliphatic heterocycles. The summed E-state index contributed by atoms with van der Waals surface area (Å²) in [6.45, 7) is 3.27. The number of nitrogens with two attached hydrogens (primary N) is 2. The summed E-state index contributed by atoms with van der Waals surface area (Å²) in [5.41, 5.74) is 12.5. The van der Waals surface area contributed by atoms with Gasteiger partial charge in [0.2, 0.25) is 0 Å². The van der Waals surface area contributed by atoms with Crippen LogP contribution in [0.1, 0.15) is 0 Å². The molecule has 2 atom stereocenters. The van der Waals surface area contributed by atoms with Gasteiger partial charge in [-0.3, -0.25) is 0 Å². The van der Waals surface area contributed by atoms with Gasteiger partial charge < -0.3 is 25.2 Å². The van der Waals surface area contributed by atoms with Gasteiger partial charge in [-0.1, -0.05) is 24.3 Å². The van der Waals surface area contributed by atoms with Crippen LogP contribution in [0.15, 0.2) is 48.5 Å². The molecule has 0 spiro atoms. The van der Waals surface area contributed by atoms with Crippen molar-refractivity contribution in [1.29, 1.82) is 0 Å². The number of nitrogen functional groups attached to an aromatic ring is 2. The molecule has 2 aromatic rings. The Morgan fingerprint density at radius 2 is 1.00 bits per heavy atom. The maximum atomic E-state index is 10.7. The Labute approximate surface area is 126 Å². The molecule has 2 rings (SSSR count). The van der Waals surface area contributed by atoms with Crippen molar-refractivity contribution in [3.8, 4) is 0 Å². The highest BCUT2D eigenvalue weighted by molar-refractivity contribution is 6.91. The third-order valence-corrected chi connectivity index (χ3v) is 9.28. The standard InChI is InChI=1S/C14H20N2O3Si2/c1-20(17,13-7-3-11(15)4-8-13)19-21(2,18)14-9-5-12(16)6-10-14/h3-10,17-18H,15-16H2,1-2H3. The summed E-state index contributed by atoms with van der Waals surface area (Å²) in [5, 5.41) is 1.33. The molecule has 21 heavy (non-hydrogen) atoms. The second-order valence-corrected chi connectivity index (χ2v) is 11.2. The summed E-state index contributed by atoms with van der Waals surface area (Å²) in [6.07, 6.45) is 0. The van der Waals surface area contributed by atoms with Crippen LogP contribution in [-0.4, -0.2) is 26.7 Å². The number of hydrogen-bond acceptors (Lipinski definition) is 5. The van der Waals surface area contributed by atoms with Crippen LogP contribution in [-0.2, 0) is 4.12 Å². The summed E-state index contributed by atoms with van der Waals surface area (Å²) in [5.74, 6) is 0. The minimum absolute atomic E-state index is 0.617. The highest BCUT2D eigenvalue weighted by Crippen LogP contribution is 2.12. The van der Waals surface area contributed by atoms with E-state index in [0.29, 0.717) is 21.7 Å². The lowest BCUT2D eigenvalue weighted by atomic mass is 10.3. The zero-order chi connectivity index (χ0) is 15.7. The molecular weight excluding hydrogens is 300 g/mol. The molecule has 2 unspecified atom stereocenters. The quantitative estimate of drug-likeness (QED) is 0.473. The average Bonchev–Trinajstić information content (AvgIpc) is 2.38. The Morgan fingerprint density at radius 1 is 0.714 bits per heavy atom. The lowest BCUT2D eigenvalue weighted by molar-refractivity contribution is 0.334. The van der Waals surface area contributed by atoms with Crippen LogP contribution in [0, 0.1) is 0 Å². The van der Waals surface area contributed by atoms with Crippen LogP contribution in [0.4, 0.5) is 11.4 Å². The van der Waals surface area contributed by atoms with Crippen molar-refractivity contribution in [2.24, 2.45) is 0 Å². The molecule has 0 radical (unpaired) electrons. The molecule has 0 aliphatic rings. The predicted octanol–water partition coefficient (Wildman–Crippen LogP) is 0.110. The molecule has 0 heterocycles. The first-order chi connectivity index (χ1) is 9.71. The zero-order valence-corrected chi connectivity index (χ0v) is 14.1. The lowest BCUT2D eigenvalue weighted by Crippen LogP contribution is -2.61. The van der Waals surface area contributed by atoms with Crippen molar-refractivity contribution in [2.45, 2.75) is 13.1 Å². The van der Waals surface area contributed by atoms with Crippen molar-refractivity contribution >= 4 is 38.9 Å². The van der Waals surface area contributed by atoms with Gasteiger partial charge in [0.25, 0.3) is 0 Å². The van der Waals surface area contributed by atoms with Crippen LogP contribution >= 0.6 is 0 Å². The van der Waals surface area contributed by atoms with Crippen molar-refractivity contribution in [2.75, 3.05) is 11.5 Å². The fourth-order valence-corrected chi connectivity index (χ4v) is 7.70. The third-order valence-electron chi connectivity index (χ3n) is 3.29. The molecule has 0 fully saturated rings. The van der Waals surface area contributed by atoms with E-state index in [1.54, 1.807) is 61.6 Å². The SMILES string of the molecule is C[Si](O)(O[Si](C)(O)c1ccc(N)cc1)c1ccc(N)cc1. The number of hydrogen-bond donors (Lipinski definition) is 4. The van der Waals surface area contributed by atoms with Crippen LogP contribution in [0.3, 0.4) is 0 Å². The van der Waals surface area contributed by atoms with Gasteiger partial charge in [-0.25, -0.2) is 0 Å². The van der Waals surface area contributed by atoms with Crippen molar-refractivity contribution in [1.82, 2.24) is 0 Å². The monoisotopic (exact) mass is 320 g/mol. The Balaban J connectivity index is 2.25. The van der Waals surface area contributed by atoms with Gasteiger partial charge >= 0.3 is 17.1 Å². The highest BCUT2D eigenvalue weighted by atomic mass is 28.5. The minimum Gasteiger partial charge on any atom is -0.408 e. The van der Waals surface area contributed by atoms with Crippen LogP contribution < -0.4 is 21.8 Å². The molecular formula is C14H20N2O3Si2. The molecule has 0 saturated carbocycles. The number of anilines is 2. The van der Waals surface area contributed by atoms with Gasteiger partial charge in [0.05, 0.1) is 0 Å². The van der Waals surface area contributed by atoms with Crippen molar-refractivity contribution in [3.05, 3.63) is 48.5 Å². The molecule has 0 aromatic heterocycles. The Morgan fingerprint density at radius 3 is 1.29 bits per heavy atom. The first kappa shape index (κ1) is 15.7. The molecule has 5 nitrogen and oxygen atoms in total. The van der Waals surface area contributed by atoms with Gasteiger partial charge in [-0.05, 0) is 47.7 Å². The molecule has 2 aromatic carbocycles. The molecule has 6 N–H and O–H groups in total. The maximum Gasteiger partial charge on any atom is 0.358 e. The van der Waals surface area contributed by atoms with Crippen molar-refractivity contribution < 1.29 is 13.7 Å². The minimum atomic E-state index is -3.21. The number of benzene rings is 2. The van der Waals surface area contributed by atoms with E-state index in [1.807, 2.05) is 0 Å². The normalized spacial score (nSPS) is 17.0. The van der Waals surface area contributed by atoms with E-state index in [-0.39, 0.29) is 0 Å². The van der Waals surface area contributed by atoms with E-state index in [0.717, 1.165) is 0 Å². The molecule has 0 saturated heterocycles. The molecule has 7 heteroatoms. The van der Waals surface area contributed by atoms with E-state index >= 15 is 0 Å². The smallest absolute Gasteiger partial charge is 0.358 e. The predicted molar refractivity (Wildman–Crippen MR) is 89.7 cm³/mol. The zero-order valence-electron chi connectivity index (χ0n) is 12.1. The summed E-state index contributed by atoms with van der Waals surface area (Å²) >= 11 is 0. The van der Waals surface area contributed by atoms with Crippen LogP contribution in [0.2, 0.25) is 13.1 Å². The fourth-order valence-electron chi connectivity index (χ4n) is 2.09. The van der Waals surface area contributed by atoms with Gasteiger partial charge in [0.1, 0.15) is 0 Å². The summed E-state index contributed by atoms with van der Waals surface area (Å²) in [4.78, 5) is 21.3. The highest BCUT2D eigenvalue weighted by Gasteiger charge is 2.41. The molecule has 0 aliphatic carbocycles. The fraction of sp³-hybridized carbons (Fsp3) is 0.143. The Kier molecular flexibility index (Phi) is 4.21. The molecule has 0 bridgehead atoms. The van der Waals surface area contributed by atoms with E-state index in [1.165, 1.54) is 0 Å². The third kappa shape index (κ3) is 3.71. The second kappa shape index (κ2) is 5.62. The summed E-state index contributed by atoms with van der Waals surface area (Å²) in [7, 11) is -6.42. The maximum absolute atomic E-state index is 10.7. The van der Waals surface area contributed by atoms with Crippen molar-refractivity contribution in [3.63, 3.8) is 0 Å². The molecule has 0 amide bonds. The van der Waals surface area contributed by atoms with E-state index in [2.05, 4.69) is 0 Å². The van der Waals surface area contributed by atoms with Gasteiger partial charge in [0, 0.05) is 11.4 Å². The average molecular weight is 320 g/mol. The van der Waals surface area contributed by atoms with Gasteiger partial charge in [0.15, 0.2) is 0 Å². The van der Waals surface area contributed by atoms with E-state index < -0.39 is 17.1 Å². The topological polar surface area (TPSA) is 102 Å². The Hall–Kier alpha value is -1.65. The van der Waals surface area contributed by atoms with Gasteiger partial charge in [-0.15, -0.1) is 0 Å².